The van der Waals surface area contributed by atoms with E-state index in [0.717, 1.165) is 0 Å². The van der Waals surface area contributed by atoms with E-state index in [1.54, 1.807) is 0 Å². The Bertz CT molecular complexity index is 276. The van der Waals surface area contributed by atoms with Crippen LogP contribution in [0.4, 0.5) is 0 Å². The zero-order valence-corrected chi connectivity index (χ0v) is 8.46. The Balaban J connectivity index is 1.98. The van der Waals surface area contributed by atoms with Gasteiger partial charge in [0.05, 0.1) is 0 Å². The minimum atomic E-state index is 0.705. The van der Waals surface area contributed by atoms with Crippen LogP contribution in [0.3, 0.4) is 0 Å². The first kappa shape index (κ1) is 8.89. The second-order valence-corrected chi connectivity index (χ2v) is 4.64. The van der Waals surface area contributed by atoms with E-state index in [9.17, 15) is 0 Å². The lowest BCUT2D eigenvalue weighted by atomic mass is 10.1. The number of allylic oxidation sites excluding steroid dienone is 1. The molecule has 0 unspecified atom stereocenters. The highest BCUT2D eigenvalue weighted by atomic mass is 32.2. The molecule has 0 aliphatic heterocycles. The molecule has 0 N–H and O–H groups in total. The summed E-state index contributed by atoms with van der Waals surface area (Å²) < 4.78 is 0. The lowest BCUT2D eigenvalue weighted by Crippen LogP contribution is -2.01. The van der Waals surface area contributed by atoms with Crippen LogP contribution < -0.4 is 0 Å². The van der Waals surface area contributed by atoms with Gasteiger partial charge in [-0.2, -0.15) is 0 Å². The molecule has 0 aromatic heterocycles. The summed E-state index contributed by atoms with van der Waals surface area (Å²) in [5.41, 5.74) is 0. The van der Waals surface area contributed by atoms with Crippen molar-refractivity contribution in [2.24, 2.45) is 0 Å². The number of benzene rings is 1. The Hall–Kier alpha value is -0.690. The van der Waals surface area contributed by atoms with Crippen molar-refractivity contribution in [2.75, 3.05) is 0 Å². The minimum absolute atomic E-state index is 0.705. The van der Waals surface area contributed by atoms with Crippen molar-refractivity contribution in [3.63, 3.8) is 0 Å². The Morgan fingerprint density at radius 3 is 2.69 bits per heavy atom. The van der Waals surface area contributed by atoms with Crippen LogP contribution >= 0.6 is 11.8 Å². The van der Waals surface area contributed by atoms with Crippen LogP contribution in [0.5, 0.6) is 0 Å². The van der Waals surface area contributed by atoms with E-state index >= 15 is 0 Å². The summed E-state index contributed by atoms with van der Waals surface area (Å²) in [4.78, 5) is 1.39. The first-order chi connectivity index (χ1) is 6.45. The number of thioether (sulfide) groups is 1. The summed E-state index contributed by atoms with van der Waals surface area (Å²) in [7, 11) is 0. The van der Waals surface area contributed by atoms with E-state index in [-0.39, 0.29) is 0 Å². The third kappa shape index (κ3) is 2.63. The first-order valence-electron chi connectivity index (χ1n) is 4.83. The molecule has 0 fully saturated rings. The number of hydrogen-bond donors (Lipinski definition) is 0. The molecule has 0 bridgehead atoms. The first-order valence-corrected chi connectivity index (χ1v) is 5.71. The molecule has 1 atom stereocenters. The molecule has 13 heavy (non-hydrogen) atoms. The van der Waals surface area contributed by atoms with Crippen LogP contribution in [0.1, 0.15) is 19.3 Å². The van der Waals surface area contributed by atoms with Gasteiger partial charge in [-0.3, -0.25) is 0 Å². The van der Waals surface area contributed by atoms with Gasteiger partial charge < -0.3 is 0 Å². The van der Waals surface area contributed by atoms with E-state index in [1.165, 1.54) is 24.2 Å². The summed E-state index contributed by atoms with van der Waals surface area (Å²) in [6.07, 6.45) is 8.61. The van der Waals surface area contributed by atoms with Crippen molar-refractivity contribution < 1.29 is 0 Å². The molecular formula is C12H14S. The highest BCUT2D eigenvalue weighted by Gasteiger charge is 2.08. The third-order valence-electron chi connectivity index (χ3n) is 2.24. The van der Waals surface area contributed by atoms with Gasteiger partial charge in [-0.25, -0.2) is 0 Å². The zero-order valence-electron chi connectivity index (χ0n) is 7.65. The van der Waals surface area contributed by atoms with Crippen LogP contribution in [-0.2, 0) is 0 Å². The SMILES string of the molecule is C1=C[C@@H](Sc2ccccc2)CCC1. The third-order valence-corrected chi connectivity index (χ3v) is 3.48. The summed E-state index contributed by atoms with van der Waals surface area (Å²) in [6, 6.07) is 10.7. The van der Waals surface area contributed by atoms with Gasteiger partial charge in [-0.1, -0.05) is 30.4 Å². The molecular weight excluding hydrogens is 176 g/mol. The Labute approximate surface area is 84.0 Å². The maximum absolute atomic E-state index is 2.35. The molecule has 1 aromatic rings. The molecule has 1 aliphatic carbocycles. The van der Waals surface area contributed by atoms with Crippen molar-refractivity contribution in [2.45, 2.75) is 29.4 Å². The van der Waals surface area contributed by atoms with Gasteiger partial charge >= 0.3 is 0 Å². The van der Waals surface area contributed by atoms with Gasteiger partial charge in [0, 0.05) is 10.1 Å². The molecule has 0 heterocycles. The quantitative estimate of drug-likeness (QED) is 0.638. The van der Waals surface area contributed by atoms with E-state index in [4.69, 9.17) is 0 Å². The lowest BCUT2D eigenvalue weighted by molar-refractivity contribution is 0.741. The smallest absolute Gasteiger partial charge is 0.0274 e. The van der Waals surface area contributed by atoms with Gasteiger partial charge in [-0.05, 0) is 31.4 Å². The van der Waals surface area contributed by atoms with E-state index in [2.05, 4.69) is 42.5 Å². The van der Waals surface area contributed by atoms with E-state index in [0.29, 0.717) is 5.25 Å². The molecule has 2 rings (SSSR count). The molecule has 1 heteroatoms. The molecule has 1 aromatic carbocycles. The average molecular weight is 190 g/mol. The van der Waals surface area contributed by atoms with Gasteiger partial charge in [-0.15, -0.1) is 11.8 Å². The molecule has 1 aliphatic rings. The minimum Gasteiger partial charge on any atom is -0.119 e. The second-order valence-electron chi connectivity index (χ2n) is 3.33. The van der Waals surface area contributed by atoms with Crippen molar-refractivity contribution >= 4 is 11.8 Å². The Kier molecular flexibility index (Phi) is 3.09. The van der Waals surface area contributed by atoms with Crippen molar-refractivity contribution in [3.8, 4) is 0 Å². The summed E-state index contributed by atoms with van der Waals surface area (Å²) in [5, 5.41) is 0.705. The normalized spacial score (nSPS) is 21.7. The maximum atomic E-state index is 2.35. The molecule has 0 spiro atoms. The number of rotatable bonds is 2. The monoisotopic (exact) mass is 190 g/mol. The van der Waals surface area contributed by atoms with E-state index < -0.39 is 0 Å². The van der Waals surface area contributed by atoms with Crippen molar-refractivity contribution in [1.82, 2.24) is 0 Å². The fourth-order valence-electron chi connectivity index (χ4n) is 1.55. The number of hydrogen-bond acceptors (Lipinski definition) is 1. The van der Waals surface area contributed by atoms with Crippen LogP contribution in [0.2, 0.25) is 0 Å². The van der Waals surface area contributed by atoms with Crippen LogP contribution in [0, 0.1) is 0 Å². The zero-order chi connectivity index (χ0) is 8.93. The van der Waals surface area contributed by atoms with Gasteiger partial charge in [0.2, 0.25) is 0 Å². The fraction of sp³-hybridized carbons (Fsp3) is 0.333. The Morgan fingerprint density at radius 1 is 1.15 bits per heavy atom. The molecule has 0 nitrogen and oxygen atoms in total. The van der Waals surface area contributed by atoms with Crippen LogP contribution in [0.15, 0.2) is 47.4 Å². The predicted molar refractivity (Wildman–Crippen MR) is 59.1 cm³/mol. The second kappa shape index (κ2) is 4.52. The highest BCUT2D eigenvalue weighted by molar-refractivity contribution is 8.00. The lowest BCUT2D eigenvalue weighted by Gasteiger charge is -2.15. The van der Waals surface area contributed by atoms with Crippen LogP contribution in [0.25, 0.3) is 0 Å². The molecule has 0 saturated heterocycles. The standard InChI is InChI=1S/C12H14S/c1-3-7-11(8-4-1)13-12-9-5-2-6-10-12/h1,3-5,7-9,12H,2,6,10H2/t12-/m1/s1. The molecule has 0 saturated carbocycles. The van der Waals surface area contributed by atoms with Gasteiger partial charge in [0.25, 0.3) is 0 Å². The van der Waals surface area contributed by atoms with Gasteiger partial charge in [0.15, 0.2) is 0 Å². The summed E-state index contributed by atoms with van der Waals surface area (Å²) in [6.45, 7) is 0. The largest absolute Gasteiger partial charge is 0.119 e. The maximum Gasteiger partial charge on any atom is 0.0274 e. The van der Waals surface area contributed by atoms with Gasteiger partial charge in [0.1, 0.15) is 0 Å². The average Bonchev–Trinajstić information content (AvgIpc) is 2.21. The molecule has 0 amide bonds. The fourth-order valence-corrected chi connectivity index (χ4v) is 2.69. The highest BCUT2D eigenvalue weighted by Crippen LogP contribution is 2.29. The van der Waals surface area contributed by atoms with Crippen molar-refractivity contribution in [3.05, 3.63) is 42.5 Å². The Morgan fingerprint density at radius 2 is 2.00 bits per heavy atom. The van der Waals surface area contributed by atoms with Crippen LogP contribution in [-0.4, -0.2) is 5.25 Å². The van der Waals surface area contributed by atoms with Crippen molar-refractivity contribution in [1.29, 1.82) is 0 Å². The van der Waals surface area contributed by atoms with E-state index in [1.807, 2.05) is 11.8 Å². The summed E-state index contributed by atoms with van der Waals surface area (Å²) in [5.74, 6) is 0. The molecule has 0 radical (unpaired) electrons. The topological polar surface area (TPSA) is 0 Å². The summed E-state index contributed by atoms with van der Waals surface area (Å²) >= 11 is 1.98. The molecule has 68 valence electrons. The predicted octanol–water partition coefficient (Wildman–Crippen LogP) is 3.89.